The molecule has 0 radical (unpaired) electrons. The largest absolute Gasteiger partial charge is 0.365 e. The van der Waals surface area contributed by atoms with Gasteiger partial charge in [0.25, 0.3) is 5.91 Å². The van der Waals surface area contributed by atoms with Crippen LogP contribution in [0.3, 0.4) is 0 Å². The van der Waals surface area contributed by atoms with E-state index in [-0.39, 0.29) is 11.9 Å². The summed E-state index contributed by atoms with van der Waals surface area (Å²) < 4.78 is 1.54. The van der Waals surface area contributed by atoms with Gasteiger partial charge in [0.05, 0.1) is 11.2 Å². The highest BCUT2D eigenvalue weighted by atomic mass is 35.5. The Hall–Kier alpha value is -2.01. The van der Waals surface area contributed by atoms with E-state index in [9.17, 15) is 4.79 Å². The van der Waals surface area contributed by atoms with Crippen molar-refractivity contribution in [3.63, 3.8) is 0 Å². The molecule has 0 saturated carbocycles. The molecule has 122 valence electrons. The summed E-state index contributed by atoms with van der Waals surface area (Å²) in [6.45, 7) is 6.39. The van der Waals surface area contributed by atoms with Gasteiger partial charge in [0.2, 0.25) is 0 Å². The van der Waals surface area contributed by atoms with Crippen molar-refractivity contribution >= 4 is 23.2 Å². The lowest BCUT2D eigenvalue weighted by molar-refractivity contribution is 0.0715. The molecular weight excluding hydrogens is 312 g/mol. The molecule has 1 aliphatic heterocycles. The summed E-state index contributed by atoms with van der Waals surface area (Å²) in [5, 5.41) is 4.46. The highest BCUT2D eigenvalue weighted by molar-refractivity contribution is 6.33. The topological polar surface area (TPSA) is 41.4 Å². The minimum Gasteiger partial charge on any atom is -0.365 e. The first kappa shape index (κ1) is 15.9. The fraction of sp³-hybridized carbons (Fsp3) is 0.412. The molecular formula is C17H21ClN4O. The van der Waals surface area contributed by atoms with Gasteiger partial charge in [-0.1, -0.05) is 29.3 Å². The number of hydrogen-bond donors (Lipinski definition) is 0. The summed E-state index contributed by atoms with van der Waals surface area (Å²) in [4.78, 5) is 16.9. The lowest BCUT2D eigenvalue weighted by Crippen LogP contribution is -2.54. The quantitative estimate of drug-likeness (QED) is 0.849. The number of hydrogen-bond acceptors (Lipinski definition) is 3. The maximum atomic E-state index is 12.7. The average Bonchev–Trinajstić information content (AvgIpc) is 2.86. The molecule has 1 aromatic carbocycles. The number of aryl methyl sites for hydroxylation is 2. The van der Waals surface area contributed by atoms with Crippen molar-refractivity contribution < 1.29 is 4.79 Å². The summed E-state index contributed by atoms with van der Waals surface area (Å²) in [7, 11) is 1.74. The van der Waals surface area contributed by atoms with Crippen LogP contribution >= 0.6 is 11.6 Å². The minimum atomic E-state index is -0.0505. The van der Waals surface area contributed by atoms with Gasteiger partial charge < -0.3 is 9.80 Å². The first-order valence-corrected chi connectivity index (χ1v) is 8.15. The van der Waals surface area contributed by atoms with Crippen molar-refractivity contribution in [2.24, 2.45) is 7.05 Å². The van der Waals surface area contributed by atoms with Gasteiger partial charge in [-0.25, -0.2) is 0 Å². The SMILES string of the molecule is Cc1ccc(N2CCN(C(=O)c3c(Cl)cnn3C)CC2C)cc1. The van der Waals surface area contributed by atoms with Crippen LogP contribution < -0.4 is 4.90 Å². The Kier molecular flexibility index (Phi) is 4.31. The maximum absolute atomic E-state index is 12.7. The van der Waals surface area contributed by atoms with Crippen LogP contribution in [0.4, 0.5) is 5.69 Å². The Morgan fingerprint density at radius 3 is 2.52 bits per heavy atom. The molecule has 6 heteroatoms. The van der Waals surface area contributed by atoms with Crippen molar-refractivity contribution in [3.05, 3.63) is 46.7 Å². The number of aromatic nitrogens is 2. The molecule has 1 fully saturated rings. The van der Waals surface area contributed by atoms with Gasteiger partial charge in [0, 0.05) is 38.4 Å². The van der Waals surface area contributed by atoms with Crippen molar-refractivity contribution in [3.8, 4) is 0 Å². The summed E-state index contributed by atoms with van der Waals surface area (Å²) in [6.07, 6.45) is 1.51. The van der Waals surface area contributed by atoms with Gasteiger partial charge in [0.1, 0.15) is 5.69 Å². The monoisotopic (exact) mass is 332 g/mol. The molecule has 0 N–H and O–H groups in total. The third kappa shape index (κ3) is 3.06. The summed E-state index contributed by atoms with van der Waals surface area (Å²) >= 11 is 6.09. The molecule has 1 saturated heterocycles. The summed E-state index contributed by atoms with van der Waals surface area (Å²) in [6, 6.07) is 8.77. The van der Waals surface area contributed by atoms with Crippen molar-refractivity contribution in [1.29, 1.82) is 0 Å². The Bertz CT molecular complexity index is 690. The lowest BCUT2D eigenvalue weighted by atomic mass is 10.1. The lowest BCUT2D eigenvalue weighted by Gasteiger charge is -2.41. The normalized spacial score (nSPS) is 18.3. The van der Waals surface area contributed by atoms with Crippen LogP contribution in [0.25, 0.3) is 0 Å². The molecule has 1 aliphatic rings. The molecule has 1 aromatic heterocycles. The van der Waals surface area contributed by atoms with E-state index in [1.165, 1.54) is 17.4 Å². The Labute approximate surface area is 141 Å². The number of benzene rings is 1. The van der Waals surface area contributed by atoms with Gasteiger partial charge in [-0.3, -0.25) is 9.48 Å². The van der Waals surface area contributed by atoms with E-state index in [0.29, 0.717) is 23.8 Å². The van der Waals surface area contributed by atoms with Crippen molar-refractivity contribution in [2.45, 2.75) is 19.9 Å². The van der Waals surface area contributed by atoms with Gasteiger partial charge in [-0.2, -0.15) is 5.10 Å². The predicted octanol–water partition coefficient (Wildman–Crippen LogP) is 2.73. The van der Waals surface area contributed by atoms with Crippen LogP contribution in [-0.2, 0) is 7.05 Å². The number of nitrogens with zero attached hydrogens (tertiary/aromatic N) is 4. The summed E-state index contributed by atoms with van der Waals surface area (Å²) in [5.41, 5.74) is 2.91. The van der Waals surface area contributed by atoms with E-state index in [1.54, 1.807) is 11.7 Å². The molecule has 1 unspecified atom stereocenters. The first-order chi connectivity index (χ1) is 11.0. The Morgan fingerprint density at radius 2 is 1.96 bits per heavy atom. The number of anilines is 1. The van der Waals surface area contributed by atoms with Crippen LogP contribution in [0, 0.1) is 6.92 Å². The van der Waals surface area contributed by atoms with Crippen LogP contribution in [0.5, 0.6) is 0 Å². The van der Waals surface area contributed by atoms with Crippen molar-refractivity contribution in [2.75, 3.05) is 24.5 Å². The number of carbonyl (C=O) groups excluding carboxylic acids is 1. The molecule has 2 heterocycles. The van der Waals surface area contributed by atoms with Crippen molar-refractivity contribution in [1.82, 2.24) is 14.7 Å². The van der Waals surface area contributed by atoms with Crippen LogP contribution in [0.1, 0.15) is 23.0 Å². The Morgan fingerprint density at radius 1 is 1.26 bits per heavy atom. The van der Waals surface area contributed by atoms with Gasteiger partial charge in [-0.05, 0) is 26.0 Å². The summed E-state index contributed by atoms with van der Waals surface area (Å²) in [5.74, 6) is -0.0505. The fourth-order valence-electron chi connectivity index (χ4n) is 3.06. The third-order valence-corrected chi connectivity index (χ3v) is 4.65. The molecule has 1 amide bonds. The standard InChI is InChI=1S/C17H21ClN4O/c1-12-4-6-14(7-5-12)22-9-8-21(11-13(22)2)17(23)16-15(18)10-19-20(16)3/h4-7,10,13H,8-9,11H2,1-3H3. The van der Waals surface area contributed by atoms with E-state index in [0.717, 1.165) is 6.54 Å². The van der Waals surface area contributed by atoms with E-state index in [1.807, 2.05) is 4.90 Å². The van der Waals surface area contributed by atoms with Gasteiger partial charge in [-0.15, -0.1) is 0 Å². The van der Waals surface area contributed by atoms with E-state index in [2.05, 4.69) is 48.1 Å². The van der Waals surface area contributed by atoms with Crippen LogP contribution in [0.2, 0.25) is 5.02 Å². The number of carbonyl (C=O) groups is 1. The second-order valence-corrected chi connectivity index (χ2v) is 6.50. The Balaban J connectivity index is 1.73. The molecule has 0 aliphatic carbocycles. The minimum absolute atomic E-state index is 0.0505. The average molecular weight is 333 g/mol. The molecule has 3 rings (SSSR count). The zero-order chi connectivity index (χ0) is 16.6. The third-order valence-electron chi connectivity index (χ3n) is 4.38. The highest BCUT2D eigenvalue weighted by Gasteiger charge is 2.29. The zero-order valence-electron chi connectivity index (χ0n) is 13.7. The van der Waals surface area contributed by atoms with E-state index >= 15 is 0 Å². The first-order valence-electron chi connectivity index (χ1n) is 7.77. The number of piperazine rings is 1. The van der Waals surface area contributed by atoms with Crippen LogP contribution in [-0.4, -0.2) is 46.3 Å². The number of halogens is 1. The van der Waals surface area contributed by atoms with Gasteiger partial charge >= 0.3 is 0 Å². The smallest absolute Gasteiger partial charge is 0.273 e. The van der Waals surface area contributed by atoms with E-state index in [4.69, 9.17) is 11.6 Å². The van der Waals surface area contributed by atoms with E-state index < -0.39 is 0 Å². The molecule has 2 aromatic rings. The molecule has 0 bridgehead atoms. The van der Waals surface area contributed by atoms with Crippen LogP contribution in [0.15, 0.2) is 30.5 Å². The second kappa shape index (κ2) is 6.24. The molecule has 5 nitrogen and oxygen atoms in total. The zero-order valence-corrected chi connectivity index (χ0v) is 14.4. The molecule has 0 spiro atoms. The highest BCUT2D eigenvalue weighted by Crippen LogP contribution is 2.23. The maximum Gasteiger partial charge on any atom is 0.273 e. The van der Waals surface area contributed by atoms with Gasteiger partial charge in [0.15, 0.2) is 0 Å². The molecule has 1 atom stereocenters. The number of amides is 1. The predicted molar refractivity (Wildman–Crippen MR) is 92.1 cm³/mol. The molecule has 23 heavy (non-hydrogen) atoms. The second-order valence-electron chi connectivity index (χ2n) is 6.09. The number of rotatable bonds is 2. The fourth-order valence-corrected chi connectivity index (χ4v) is 3.31.